The number of hydrogen-bond acceptors (Lipinski definition) is 5. The number of ether oxygens (including phenoxy) is 1. The van der Waals surface area contributed by atoms with E-state index in [0.29, 0.717) is 12.2 Å². The normalized spacial score (nSPS) is 11.0. The molecular weight excluding hydrogens is 412 g/mol. The Balaban J connectivity index is 1.56. The van der Waals surface area contributed by atoms with Crippen LogP contribution in [0.15, 0.2) is 79.4 Å². The number of fused-ring (bicyclic) bond motifs is 1. The molecular formula is C27H22N4O2. The predicted molar refractivity (Wildman–Crippen MR) is 128 cm³/mol. The molecule has 0 radical (unpaired) electrons. The van der Waals surface area contributed by atoms with Gasteiger partial charge >= 0.3 is 0 Å². The number of pyridine rings is 2. The standard InChI is InChI=1S/C27H22N4O2/c1-18-24(20-9-11-28-12-10-20)14-29-15-25(18)21-5-8-27-23(13-21)26(17-32)30-31(27)16-19-3-6-22(33-2)7-4-19/h3-15,17H,16H2,1-2H3. The van der Waals surface area contributed by atoms with Gasteiger partial charge < -0.3 is 4.74 Å². The van der Waals surface area contributed by atoms with Gasteiger partial charge in [0.2, 0.25) is 0 Å². The molecule has 6 heteroatoms. The van der Waals surface area contributed by atoms with Crippen LogP contribution in [0.5, 0.6) is 5.75 Å². The number of methoxy groups -OCH3 is 1. The van der Waals surface area contributed by atoms with Crippen molar-refractivity contribution >= 4 is 17.2 Å². The monoisotopic (exact) mass is 434 g/mol. The van der Waals surface area contributed by atoms with Crippen LogP contribution in [0.4, 0.5) is 0 Å². The Morgan fingerprint density at radius 3 is 2.33 bits per heavy atom. The van der Waals surface area contributed by atoms with E-state index in [4.69, 9.17) is 4.74 Å². The largest absolute Gasteiger partial charge is 0.497 e. The second-order valence-electron chi connectivity index (χ2n) is 7.84. The van der Waals surface area contributed by atoms with Crippen LogP contribution < -0.4 is 4.74 Å². The van der Waals surface area contributed by atoms with Gasteiger partial charge in [0.25, 0.3) is 0 Å². The molecule has 0 spiro atoms. The number of hydrogen-bond donors (Lipinski definition) is 0. The van der Waals surface area contributed by atoms with E-state index in [1.54, 1.807) is 19.5 Å². The minimum Gasteiger partial charge on any atom is -0.497 e. The molecule has 5 rings (SSSR count). The van der Waals surface area contributed by atoms with Crippen molar-refractivity contribution in [2.24, 2.45) is 0 Å². The van der Waals surface area contributed by atoms with Crippen molar-refractivity contribution in [1.29, 1.82) is 0 Å². The Morgan fingerprint density at radius 1 is 0.909 bits per heavy atom. The summed E-state index contributed by atoms with van der Waals surface area (Å²) in [6.45, 7) is 2.65. The number of carbonyl (C=O) groups is 1. The van der Waals surface area contributed by atoms with Gasteiger partial charge in [0, 0.05) is 41.3 Å². The highest BCUT2D eigenvalue weighted by atomic mass is 16.5. The molecule has 0 amide bonds. The van der Waals surface area contributed by atoms with Gasteiger partial charge in [0.15, 0.2) is 6.29 Å². The van der Waals surface area contributed by atoms with Crippen molar-refractivity contribution in [2.45, 2.75) is 13.5 Å². The lowest BCUT2D eigenvalue weighted by molar-refractivity contribution is 0.111. The molecule has 0 fully saturated rings. The molecule has 0 aliphatic carbocycles. The maximum atomic E-state index is 11.8. The van der Waals surface area contributed by atoms with Gasteiger partial charge in [-0.1, -0.05) is 18.2 Å². The van der Waals surface area contributed by atoms with Crippen LogP contribution in [0.3, 0.4) is 0 Å². The van der Waals surface area contributed by atoms with E-state index in [0.717, 1.165) is 56.3 Å². The highest BCUT2D eigenvalue weighted by Gasteiger charge is 2.14. The molecule has 0 aliphatic heterocycles. The van der Waals surface area contributed by atoms with Crippen LogP contribution in [-0.2, 0) is 6.54 Å². The van der Waals surface area contributed by atoms with Crippen LogP contribution in [0.25, 0.3) is 33.2 Å². The summed E-state index contributed by atoms with van der Waals surface area (Å²) in [7, 11) is 1.65. The van der Waals surface area contributed by atoms with Crippen molar-refractivity contribution in [1.82, 2.24) is 19.7 Å². The third-order valence-corrected chi connectivity index (χ3v) is 5.90. The van der Waals surface area contributed by atoms with Crippen molar-refractivity contribution in [3.63, 3.8) is 0 Å². The van der Waals surface area contributed by atoms with Crippen LogP contribution in [0, 0.1) is 6.92 Å². The van der Waals surface area contributed by atoms with Crippen molar-refractivity contribution in [2.75, 3.05) is 7.11 Å². The minimum atomic E-state index is 0.427. The fourth-order valence-corrected chi connectivity index (χ4v) is 4.12. The Labute approximate surface area is 191 Å². The first kappa shape index (κ1) is 20.6. The molecule has 2 aromatic carbocycles. The number of aromatic nitrogens is 4. The quantitative estimate of drug-likeness (QED) is 0.338. The van der Waals surface area contributed by atoms with Crippen molar-refractivity contribution in [3.05, 3.63) is 96.2 Å². The highest BCUT2D eigenvalue weighted by Crippen LogP contribution is 2.33. The zero-order valence-corrected chi connectivity index (χ0v) is 18.4. The minimum absolute atomic E-state index is 0.427. The molecule has 3 aromatic heterocycles. The Kier molecular flexibility index (Phi) is 5.40. The van der Waals surface area contributed by atoms with Gasteiger partial charge in [0.1, 0.15) is 11.4 Å². The summed E-state index contributed by atoms with van der Waals surface area (Å²) in [6.07, 6.45) is 8.11. The molecule has 0 N–H and O–H groups in total. The Morgan fingerprint density at radius 2 is 1.64 bits per heavy atom. The lowest BCUT2D eigenvalue weighted by Crippen LogP contribution is -2.02. The van der Waals surface area contributed by atoms with Crippen molar-refractivity contribution < 1.29 is 9.53 Å². The number of nitrogens with zero attached hydrogens (tertiary/aromatic N) is 4. The SMILES string of the molecule is COc1ccc(Cn2nc(C=O)c3cc(-c4cncc(-c5ccncc5)c4C)ccc32)cc1. The Hall–Kier alpha value is -4.32. The molecule has 3 heterocycles. The summed E-state index contributed by atoms with van der Waals surface area (Å²) < 4.78 is 7.10. The first-order chi connectivity index (χ1) is 16.2. The van der Waals surface area contributed by atoms with E-state index in [-0.39, 0.29) is 0 Å². The van der Waals surface area contributed by atoms with E-state index in [9.17, 15) is 4.79 Å². The second kappa shape index (κ2) is 8.67. The number of aldehydes is 1. The van der Waals surface area contributed by atoms with E-state index < -0.39 is 0 Å². The average Bonchev–Trinajstić information content (AvgIpc) is 3.22. The first-order valence-electron chi connectivity index (χ1n) is 10.6. The number of carbonyl (C=O) groups excluding carboxylic acids is 1. The summed E-state index contributed by atoms with van der Waals surface area (Å²) in [6, 6.07) is 17.9. The summed E-state index contributed by atoms with van der Waals surface area (Å²) >= 11 is 0. The molecule has 162 valence electrons. The molecule has 5 aromatic rings. The van der Waals surface area contributed by atoms with Crippen LogP contribution in [-0.4, -0.2) is 33.1 Å². The molecule has 6 nitrogen and oxygen atoms in total. The molecule has 0 unspecified atom stereocenters. The van der Waals surface area contributed by atoms with Crippen LogP contribution in [0.1, 0.15) is 21.6 Å². The molecule has 33 heavy (non-hydrogen) atoms. The highest BCUT2D eigenvalue weighted by molar-refractivity contribution is 5.97. The van der Waals surface area contributed by atoms with Gasteiger partial charge in [0.05, 0.1) is 19.2 Å². The molecule has 0 saturated heterocycles. The maximum absolute atomic E-state index is 11.8. The summed E-state index contributed by atoms with van der Waals surface area (Å²) in [5, 5.41) is 5.39. The Bertz CT molecular complexity index is 1440. The third kappa shape index (κ3) is 3.87. The van der Waals surface area contributed by atoms with E-state index >= 15 is 0 Å². The van der Waals surface area contributed by atoms with E-state index in [1.807, 2.05) is 65.6 Å². The molecule has 0 bridgehead atoms. The first-order valence-corrected chi connectivity index (χ1v) is 10.6. The van der Waals surface area contributed by atoms with Gasteiger partial charge in [-0.3, -0.25) is 19.4 Å². The van der Waals surface area contributed by atoms with Gasteiger partial charge in [-0.05, 0) is 65.6 Å². The van der Waals surface area contributed by atoms with E-state index in [2.05, 4.69) is 28.1 Å². The topological polar surface area (TPSA) is 69.9 Å². The van der Waals surface area contributed by atoms with Crippen molar-refractivity contribution in [3.8, 4) is 28.0 Å². The smallest absolute Gasteiger partial charge is 0.170 e. The zero-order valence-electron chi connectivity index (χ0n) is 18.4. The summed E-state index contributed by atoms with van der Waals surface area (Å²) in [5.41, 5.74) is 7.67. The maximum Gasteiger partial charge on any atom is 0.170 e. The lowest BCUT2D eigenvalue weighted by atomic mass is 9.95. The lowest BCUT2D eigenvalue weighted by Gasteiger charge is -2.11. The molecule has 0 saturated carbocycles. The third-order valence-electron chi connectivity index (χ3n) is 5.90. The zero-order chi connectivity index (χ0) is 22.8. The molecule has 0 aliphatic rings. The van der Waals surface area contributed by atoms with Gasteiger partial charge in [-0.25, -0.2) is 0 Å². The van der Waals surface area contributed by atoms with Crippen LogP contribution >= 0.6 is 0 Å². The van der Waals surface area contributed by atoms with Crippen LogP contribution in [0.2, 0.25) is 0 Å². The van der Waals surface area contributed by atoms with Gasteiger partial charge in [-0.2, -0.15) is 5.10 Å². The fourth-order valence-electron chi connectivity index (χ4n) is 4.12. The number of benzene rings is 2. The average molecular weight is 434 g/mol. The van der Waals surface area contributed by atoms with Gasteiger partial charge in [-0.15, -0.1) is 0 Å². The number of rotatable bonds is 6. The molecule has 0 atom stereocenters. The van der Waals surface area contributed by atoms with E-state index in [1.165, 1.54) is 0 Å². The fraction of sp³-hybridized carbons (Fsp3) is 0.111. The summed E-state index contributed by atoms with van der Waals surface area (Å²) in [4.78, 5) is 20.4. The summed E-state index contributed by atoms with van der Waals surface area (Å²) in [5.74, 6) is 0.806. The second-order valence-corrected chi connectivity index (χ2v) is 7.84. The predicted octanol–water partition coefficient (Wildman–Crippen LogP) is 5.34.